The molecule has 0 unspecified atom stereocenters. The summed E-state index contributed by atoms with van der Waals surface area (Å²) in [6.07, 6.45) is 4.83. The van der Waals surface area contributed by atoms with Crippen LogP contribution in [0.5, 0.6) is 0 Å². The number of hydrogen-bond donors (Lipinski definition) is 0. The number of thiazole rings is 1. The molecule has 0 saturated carbocycles. The van der Waals surface area contributed by atoms with Crippen LogP contribution in [0.15, 0.2) is 71.4 Å². The van der Waals surface area contributed by atoms with Crippen molar-refractivity contribution in [2.75, 3.05) is 4.90 Å². The van der Waals surface area contributed by atoms with Crippen molar-refractivity contribution in [2.24, 2.45) is 0 Å². The summed E-state index contributed by atoms with van der Waals surface area (Å²) >= 11 is 7.68. The van der Waals surface area contributed by atoms with Gasteiger partial charge in [0, 0.05) is 11.1 Å². The number of aromatic nitrogens is 1. The van der Waals surface area contributed by atoms with Gasteiger partial charge in [0.2, 0.25) is 0 Å². The monoisotopic (exact) mass is 408 g/mol. The number of rotatable bonds is 5. The number of hydrogen-bond acceptors (Lipinski definition) is 4. The molecule has 4 aromatic rings. The number of fused-ring (bicyclic) bond motifs is 1. The molecule has 0 fully saturated rings. The van der Waals surface area contributed by atoms with Crippen molar-refractivity contribution in [3.8, 4) is 0 Å². The predicted molar refractivity (Wildman–Crippen MR) is 115 cm³/mol. The number of anilines is 1. The van der Waals surface area contributed by atoms with E-state index in [-0.39, 0.29) is 5.91 Å². The first-order valence-electron chi connectivity index (χ1n) is 8.74. The highest BCUT2D eigenvalue weighted by molar-refractivity contribution is 7.22. The Morgan fingerprint density at radius 3 is 2.79 bits per heavy atom. The van der Waals surface area contributed by atoms with Crippen LogP contribution < -0.4 is 4.90 Å². The Morgan fingerprint density at radius 2 is 2.04 bits per heavy atom. The molecule has 1 amide bonds. The van der Waals surface area contributed by atoms with Gasteiger partial charge in [-0.3, -0.25) is 9.69 Å². The number of carbonyl (C=O) groups is 1. The minimum Gasteiger partial charge on any atom is -0.467 e. The molecule has 0 saturated heterocycles. The first kappa shape index (κ1) is 18.5. The lowest BCUT2D eigenvalue weighted by molar-refractivity contribution is -0.114. The van der Waals surface area contributed by atoms with Gasteiger partial charge >= 0.3 is 0 Å². The fraction of sp³-hybridized carbons (Fsp3) is 0.0909. The van der Waals surface area contributed by atoms with Gasteiger partial charge in [0.25, 0.3) is 5.91 Å². The molecular formula is C22H17ClN2O2S. The van der Waals surface area contributed by atoms with Crippen molar-refractivity contribution < 1.29 is 9.21 Å². The molecule has 0 aliphatic heterocycles. The summed E-state index contributed by atoms with van der Waals surface area (Å²) in [6, 6.07) is 17.1. The standard InChI is InChI=1S/C22H17ClN2O2S/c1-15-6-4-10-19-21(15)24-22(28-19)25(14-17-8-5-13-27-17)20(26)12-11-16-7-2-3-9-18(16)23/h2-13H,14H2,1H3/b12-11+. The van der Waals surface area contributed by atoms with Gasteiger partial charge in [-0.25, -0.2) is 4.98 Å². The number of furan rings is 1. The average Bonchev–Trinajstić information content (AvgIpc) is 3.35. The molecule has 2 aromatic carbocycles. The van der Waals surface area contributed by atoms with Crippen LogP contribution in [-0.2, 0) is 11.3 Å². The van der Waals surface area contributed by atoms with E-state index in [0.29, 0.717) is 22.5 Å². The number of para-hydroxylation sites is 1. The van der Waals surface area contributed by atoms with Crippen molar-refractivity contribution in [3.63, 3.8) is 0 Å². The molecule has 4 nitrogen and oxygen atoms in total. The van der Waals surface area contributed by atoms with Crippen LogP contribution in [0.2, 0.25) is 5.02 Å². The lowest BCUT2D eigenvalue weighted by Gasteiger charge is -2.16. The largest absolute Gasteiger partial charge is 0.467 e. The molecule has 0 atom stereocenters. The molecule has 28 heavy (non-hydrogen) atoms. The van der Waals surface area contributed by atoms with Crippen molar-refractivity contribution >= 4 is 50.3 Å². The summed E-state index contributed by atoms with van der Waals surface area (Å²) in [5, 5.41) is 1.23. The third-order valence-corrected chi connectivity index (χ3v) is 5.70. The van der Waals surface area contributed by atoms with E-state index in [4.69, 9.17) is 21.0 Å². The number of aryl methyl sites for hydroxylation is 1. The molecular weight excluding hydrogens is 392 g/mol. The Labute approximate surface area is 171 Å². The lowest BCUT2D eigenvalue weighted by atomic mass is 10.2. The van der Waals surface area contributed by atoms with Gasteiger partial charge in [0.15, 0.2) is 5.13 Å². The Hall–Kier alpha value is -2.89. The smallest absolute Gasteiger partial charge is 0.253 e. The Balaban J connectivity index is 1.69. The third kappa shape index (κ3) is 3.86. The van der Waals surface area contributed by atoms with E-state index in [2.05, 4.69) is 0 Å². The number of benzene rings is 2. The Morgan fingerprint density at radius 1 is 1.18 bits per heavy atom. The van der Waals surface area contributed by atoms with Crippen LogP contribution in [0.4, 0.5) is 5.13 Å². The summed E-state index contributed by atoms with van der Waals surface area (Å²) in [6.45, 7) is 2.32. The molecule has 0 aliphatic carbocycles. The van der Waals surface area contributed by atoms with Crippen molar-refractivity contribution in [2.45, 2.75) is 13.5 Å². The van der Waals surface area contributed by atoms with Gasteiger partial charge in [-0.15, -0.1) is 0 Å². The summed E-state index contributed by atoms with van der Waals surface area (Å²) in [5.74, 6) is 0.503. The van der Waals surface area contributed by atoms with Crippen LogP contribution in [-0.4, -0.2) is 10.9 Å². The molecule has 4 rings (SSSR count). The van der Waals surface area contributed by atoms with E-state index < -0.39 is 0 Å². The maximum absolute atomic E-state index is 13.0. The molecule has 6 heteroatoms. The van der Waals surface area contributed by atoms with Crippen LogP contribution in [0.3, 0.4) is 0 Å². The maximum atomic E-state index is 13.0. The maximum Gasteiger partial charge on any atom is 0.253 e. The zero-order chi connectivity index (χ0) is 19.5. The normalized spacial score (nSPS) is 11.4. The van der Waals surface area contributed by atoms with E-state index in [1.807, 2.05) is 49.4 Å². The first-order valence-corrected chi connectivity index (χ1v) is 9.94. The summed E-state index contributed by atoms with van der Waals surface area (Å²) in [5.41, 5.74) is 2.78. The lowest BCUT2D eigenvalue weighted by Crippen LogP contribution is -2.28. The van der Waals surface area contributed by atoms with Crippen LogP contribution in [0.25, 0.3) is 16.3 Å². The van der Waals surface area contributed by atoms with Gasteiger partial charge in [0.05, 0.1) is 23.0 Å². The van der Waals surface area contributed by atoms with Crippen molar-refractivity contribution in [1.82, 2.24) is 4.98 Å². The van der Waals surface area contributed by atoms with Crippen molar-refractivity contribution in [1.29, 1.82) is 0 Å². The number of carbonyl (C=O) groups excluding carboxylic acids is 1. The topological polar surface area (TPSA) is 46.3 Å². The molecule has 2 heterocycles. The molecule has 0 bridgehead atoms. The second-order valence-electron chi connectivity index (χ2n) is 6.28. The minimum absolute atomic E-state index is 0.187. The zero-order valence-corrected chi connectivity index (χ0v) is 16.7. The fourth-order valence-corrected chi connectivity index (χ4v) is 4.10. The second kappa shape index (κ2) is 8.00. The first-order chi connectivity index (χ1) is 13.6. The van der Waals surface area contributed by atoms with Crippen molar-refractivity contribution in [3.05, 3.63) is 88.8 Å². The molecule has 2 aromatic heterocycles. The van der Waals surface area contributed by atoms with Crippen LogP contribution in [0.1, 0.15) is 16.9 Å². The molecule has 140 valence electrons. The Bertz CT molecular complexity index is 1150. The van der Waals surface area contributed by atoms with Gasteiger partial charge < -0.3 is 4.42 Å². The van der Waals surface area contributed by atoms with Crippen LogP contribution >= 0.6 is 22.9 Å². The molecule has 0 N–H and O–H groups in total. The molecule has 0 aliphatic rings. The van der Waals surface area contributed by atoms with E-state index in [0.717, 1.165) is 21.3 Å². The quantitative estimate of drug-likeness (QED) is 0.375. The van der Waals surface area contributed by atoms with Gasteiger partial charge in [-0.05, 0) is 48.4 Å². The third-order valence-electron chi connectivity index (χ3n) is 4.31. The number of nitrogens with zero attached hydrogens (tertiary/aromatic N) is 2. The fourth-order valence-electron chi connectivity index (χ4n) is 2.85. The van der Waals surface area contributed by atoms with Crippen LogP contribution in [0, 0.1) is 6.92 Å². The predicted octanol–water partition coefficient (Wildman–Crippen LogP) is 6.10. The second-order valence-corrected chi connectivity index (χ2v) is 7.69. The summed E-state index contributed by atoms with van der Waals surface area (Å²) < 4.78 is 6.50. The van der Waals surface area contributed by atoms with E-state index in [9.17, 15) is 4.79 Å². The number of amides is 1. The SMILES string of the molecule is Cc1cccc2sc(N(Cc3ccco3)C(=O)/C=C/c3ccccc3Cl)nc12. The zero-order valence-electron chi connectivity index (χ0n) is 15.1. The van der Waals surface area contributed by atoms with Gasteiger partial charge in [-0.1, -0.05) is 53.3 Å². The van der Waals surface area contributed by atoms with E-state index >= 15 is 0 Å². The minimum atomic E-state index is -0.187. The summed E-state index contributed by atoms with van der Waals surface area (Å²) in [7, 11) is 0. The Kier molecular flexibility index (Phi) is 5.28. The molecule has 0 radical (unpaired) electrons. The van der Waals surface area contributed by atoms with E-state index in [1.165, 1.54) is 17.4 Å². The highest BCUT2D eigenvalue weighted by Gasteiger charge is 2.20. The van der Waals surface area contributed by atoms with Gasteiger partial charge in [-0.2, -0.15) is 0 Å². The molecule has 0 spiro atoms. The number of halogens is 1. The summed E-state index contributed by atoms with van der Waals surface area (Å²) in [4.78, 5) is 19.4. The van der Waals surface area contributed by atoms with Gasteiger partial charge in [0.1, 0.15) is 5.76 Å². The van der Waals surface area contributed by atoms with E-state index in [1.54, 1.807) is 29.4 Å². The highest BCUT2D eigenvalue weighted by atomic mass is 35.5. The average molecular weight is 409 g/mol. The highest BCUT2D eigenvalue weighted by Crippen LogP contribution is 2.31.